The summed E-state index contributed by atoms with van der Waals surface area (Å²) in [7, 11) is 5.76. The maximum Gasteiger partial charge on any atom is 0.261 e. The second kappa shape index (κ2) is 8.31. The van der Waals surface area contributed by atoms with Crippen LogP contribution in [-0.2, 0) is 0 Å². The molecule has 0 fully saturated rings. The lowest BCUT2D eigenvalue weighted by atomic mass is 10.1. The largest absolute Gasteiger partial charge is 0.491 e. The molecule has 2 aromatic rings. The van der Waals surface area contributed by atoms with E-state index >= 15 is 0 Å². The second-order valence-electron chi connectivity index (χ2n) is 5.95. The SMILES string of the molecule is Cc1cc(N(C)C(=O)c2ccccc2OCCN(C)C)ccc1Br. The van der Waals surface area contributed by atoms with Gasteiger partial charge in [-0.25, -0.2) is 0 Å². The van der Waals surface area contributed by atoms with Crippen LogP contribution in [0.1, 0.15) is 15.9 Å². The van der Waals surface area contributed by atoms with Gasteiger partial charge in [-0.1, -0.05) is 28.1 Å². The second-order valence-corrected chi connectivity index (χ2v) is 6.80. The van der Waals surface area contributed by atoms with Crippen molar-refractivity contribution in [1.29, 1.82) is 0 Å². The molecular formula is C19H23BrN2O2. The van der Waals surface area contributed by atoms with Gasteiger partial charge in [-0.3, -0.25) is 4.79 Å². The molecule has 0 aliphatic rings. The molecule has 0 radical (unpaired) electrons. The minimum atomic E-state index is -0.0859. The molecule has 0 bridgehead atoms. The molecule has 0 N–H and O–H groups in total. The molecule has 2 rings (SSSR count). The third kappa shape index (κ3) is 4.58. The van der Waals surface area contributed by atoms with Crippen LogP contribution in [0.15, 0.2) is 46.9 Å². The number of anilines is 1. The Bertz CT molecular complexity index is 716. The van der Waals surface area contributed by atoms with E-state index in [1.165, 1.54) is 0 Å². The number of para-hydroxylation sites is 1. The Labute approximate surface area is 152 Å². The fourth-order valence-electron chi connectivity index (χ4n) is 2.24. The van der Waals surface area contributed by atoms with E-state index in [0.29, 0.717) is 17.9 Å². The van der Waals surface area contributed by atoms with E-state index in [4.69, 9.17) is 4.74 Å². The number of nitrogens with zero attached hydrogens (tertiary/aromatic N) is 2. The van der Waals surface area contributed by atoms with Gasteiger partial charge in [0.1, 0.15) is 12.4 Å². The molecule has 0 aromatic heterocycles. The number of hydrogen-bond donors (Lipinski definition) is 0. The Morgan fingerprint density at radius 3 is 2.50 bits per heavy atom. The highest BCUT2D eigenvalue weighted by Gasteiger charge is 2.18. The number of hydrogen-bond acceptors (Lipinski definition) is 3. The predicted octanol–water partition coefficient (Wildman–Crippen LogP) is 3.97. The molecule has 0 saturated carbocycles. The van der Waals surface area contributed by atoms with Crippen LogP contribution in [0.4, 0.5) is 5.69 Å². The van der Waals surface area contributed by atoms with E-state index in [-0.39, 0.29) is 5.91 Å². The van der Waals surface area contributed by atoms with Crippen LogP contribution in [0.5, 0.6) is 5.75 Å². The van der Waals surface area contributed by atoms with Gasteiger partial charge in [0, 0.05) is 23.8 Å². The number of carbonyl (C=O) groups excluding carboxylic acids is 1. The summed E-state index contributed by atoms with van der Waals surface area (Å²) in [4.78, 5) is 16.6. The van der Waals surface area contributed by atoms with Crippen LogP contribution in [0.3, 0.4) is 0 Å². The van der Waals surface area contributed by atoms with Gasteiger partial charge in [-0.15, -0.1) is 0 Å². The predicted molar refractivity (Wildman–Crippen MR) is 102 cm³/mol. The number of amides is 1. The molecule has 24 heavy (non-hydrogen) atoms. The Balaban J connectivity index is 2.20. The Hall–Kier alpha value is -1.85. The average molecular weight is 391 g/mol. The highest BCUT2D eigenvalue weighted by Crippen LogP contribution is 2.26. The smallest absolute Gasteiger partial charge is 0.261 e. The third-order valence-electron chi connectivity index (χ3n) is 3.75. The van der Waals surface area contributed by atoms with E-state index in [9.17, 15) is 4.79 Å². The quantitative estimate of drug-likeness (QED) is 0.747. The van der Waals surface area contributed by atoms with Gasteiger partial charge in [0.25, 0.3) is 5.91 Å². The molecule has 0 unspecified atom stereocenters. The monoisotopic (exact) mass is 390 g/mol. The first-order valence-electron chi connectivity index (χ1n) is 7.81. The summed E-state index contributed by atoms with van der Waals surface area (Å²) < 4.78 is 6.83. The number of aryl methyl sites for hydroxylation is 1. The normalized spacial score (nSPS) is 10.8. The number of likely N-dealkylation sites (N-methyl/N-ethyl adjacent to an activating group) is 1. The van der Waals surface area contributed by atoms with Gasteiger partial charge in [-0.05, 0) is 56.9 Å². The van der Waals surface area contributed by atoms with E-state index in [0.717, 1.165) is 22.3 Å². The van der Waals surface area contributed by atoms with Crippen molar-refractivity contribution in [2.24, 2.45) is 0 Å². The van der Waals surface area contributed by atoms with Gasteiger partial charge >= 0.3 is 0 Å². The number of carbonyl (C=O) groups is 1. The van der Waals surface area contributed by atoms with Gasteiger partial charge in [0.15, 0.2) is 0 Å². The number of halogens is 1. The lowest BCUT2D eigenvalue weighted by molar-refractivity contribution is 0.0988. The Morgan fingerprint density at radius 1 is 1.12 bits per heavy atom. The summed E-state index contributed by atoms with van der Waals surface area (Å²) in [6.45, 7) is 3.34. The molecule has 0 heterocycles. The van der Waals surface area contributed by atoms with Crippen LogP contribution in [0.2, 0.25) is 0 Å². The average Bonchev–Trinajstić information content (AvgIpc) is 2.56. The summed E-state index contributed by atoms with van der Waals surface area (Å²) in [5.41, 5.74) is 2.51. The van der Waals surface area contributed by atoms with E-state index in [2.05, 4.69) is 15.9 Å². The zero-order valence-electron chi connectivity index (χ0n) is 14.5. The minimum absolute atomic E-state index is 0.0859. The van der Waals surface area contributed by atoms with Crippen molar-refractivity contribution in [2.75, 3.05) is 39.2 Å². The molecular weight excluding hydrogens is 368 g/mol. The third-order valence-corrected chi connectivity index (χ3v) is 4.64. The van der Waals surface area contributed by atoms with Crippen LogP contribution < -0.4 is 9.64 Å². The molecule has 0 atom stereocenters. The van der Waals surface area contributed by atoms with E-state index in [1.807, 2.05) is 62.3 Å². The first-order chi connectivity index (χ1) is 11.4. The van der Waals surface area contributed by atoms with Crippen molar-refractivity contribution in [3.05, 3.63) is 58.1 Å². The van der Waals surface area contributed by atoms with Gasteiger partial charge < -0.3 is 14.5 Å². The van der Waals surface area contributed by atoms with Crippen LogP contribution in [-0.4, -0.2) is 45.1 Å². The van der Waals surface area contributed by atoms with Gasteiger partial charge in [0.05, 0.1) is 5.56 Å². The zero-order chi connectivity index (χ0) is 17.7. The van der Waals surface area contributed by atoms with E-state index < -0.39 is 0 Å². The van der Waals surface area contributed by atoms with E-state index in [1.54, 1.807) is 18.0 Å². The first-order valence-corrected chi connectivity index (χ1v) is 8.60. The molecule has 128 valence electrons. The Morgan fingerprint density at radius 2 is 1.83 bits per heavy atom. The van der Waals surface area contributed by atoms with Crippen molar-refractivity contribution in [3.8, 4) is 5.75 Å². The standard InChI is InChI=1S/C19H23BrN2O2/c1-14-13-15(9-10-17(14)20)22(4)19(23)16-7-5-6-8-18(16)24-12-11-21(2)3/h5-10,13H,11-12H2,1-4H3. The van der Waals surface area contributed by atoms with Crippen LogP contribution in [0.25, 0.3) is 0 Å². The topological polar surface area (TPSA) is 32.8 Å². The molecule has 1 amide bonds. The van der Waals surface area contributed by atoms with Crippen molar-refractivity contribution in [1.82, 2.24) is 4.90 Å². The summed E-state index contributed by atoms with van der Waals surface area (Å²) in [6, 6.07) is 13.2. The lowest BCUT2D eigenvalue weighted by Gasteiger charge is -2.20. The fraction of sp³-hybridized carbons (Fsp3) is 0.316. The van der Waals surface area contributed by atoms with Crippen molar-refractivity contribution < 1.29 is 9.53 Å². The van der Waals surface area contributed by atoms with Crippen molar-refractivity contribution >= 4 is 27.5 Å². The highest BCUT2D eigenvalue weighted by molar-refractivity contribution is 9.10. The van der Waals surface area contributed by atoms with Crippen molar-refractivity contribution in [3.63, 3.8) is 0 Å². The summed E-state index contributed by atoms with van der Waals surface area (Å²) in [5.74, 6) is 0.530. The summed E-state index contributed by atoms with van der Waals surface area (Å²) in [5, 5.41) is 0. The molecule has 2 aromatic carbocycles. The Kier molecular flexibility index (Phi) is 6.40. The number of rotatable bonds is 6. The first kappa shape index (κ1) is 18.5. The van der Waals surface area contributed by atoms with Crippen LogP contribution in [0, 0.1) is 6.92 Å². The van der Waals surface area contributed by atoms with Gasteiger partial charge in [-0.2, -0.15) is 0 Å². The minimum Gasteiger partial charge on any atom is -0.491 e. The molecule has 0 saturated heterocycles. The molecule has 0 aliphatic heterocycles. The summed E-state index contributed by atoms with van der Waals surface area (Å²) in [6.07, 6.45) is 0. The maximum atomic E-state index is 12.9. The number of benzene rings is 2. The zero-order valence-corrected chi connectivity index (χ0v) is 16.1. The molecule has 5 heteroatoms. The summed E-state index contributed by atoms with van der Waals surface area (Å²) >= 11 is 3.48. The lowest BCUT2D eigenvalue weighted by Crippen LogP contribution is -2.27. The van der Waals surface area contributed by atoms with Crippen molar-refractivity contribution in [2.45, 2.75) is 6.92 Å². The maximum absolute atomic E-state index is 12.9. The highest BCUT2D eigenvalue weighted by atomic mass is 79.9. The van der Waals surface area contributed by atoms with Gasteiger partial charge in [0.2, 0.25) is 0 Å². The number of ether oxygens (including phenoxy) is 1. The van der Waals surface area contributed by atoms with Crippen LogP contribution >= 0.6 is 15.9 Å². The molecule has 0 aliphatic carbocycles. The fourth-order valence-corrected chi connectivity index (χ4v) is 2.49. The molecule has 0 spiro atoms. The molecule has 4 nitrogen and oxygen atoms in total.